The Bertz CT molecular complexity index is 304. The molecule has 0 spiro atoms. The summed E-state index contributed by atoms with van der Waals surface area (Å²) in [7, 11) is 0. The number of nitrogens with zero attached hydrogens (tertiary/aromatic N) is 1. The van der Waals surface area contributed by atoms with Crippen LogP contribution in [0.4, 0.5) is 4.39 Å². The van der Waals surface area contributed by atoms with Gasteiger partial charge in [-0.25, -0.2) is 4.39 Å². The Kier molecular flexibility index (Phi) is 1.77. The van der Waals surface area contributed by atoms with E-state index in [1.54, 1.807) is 13.0 Å². The summed E-state index contributed by atoms with van der Waals surface area (Å²) in [5.74, 6) is -0.977. The molecule has 1 rings (SSSR count). The second-order valence-electron chi connectivity index (χ2n) is 2.25. The normalized spacial score (nSPS) is 9.18. The molecule has 0 radical (unpaired) electrons. The van der Waals surface area contributed by atoms with E-state index in [9.17, 15) is 4.39 Å². The molecule has 3 heteroatoms. The van der Waals surface area contributed by atoms with Gasteiger partial charge in [0.1, 0.15) is 23.2 Å². The van der Waals surface area contributed by atoms with Crippen LogP contribution in [0.3, 0.4) is 0 Å². The molecule has 56 valence electrons. The van der Waals surface area contributed by atoms with Crippen LogP contribution in [0.15, 0.2) is 12.1 Å². The predicted molar refractivity (Wildman–Crippen MR) is 37.5 cm³/mol. The lowest BCUT2D eigenvalue weighted by atomic mass is 10.1. The van der Waals surface area contributed by atoms with Gasteiger partial charge < -0.3 is 5.11 Å². The van der Waals surface area contributed by atoms with Gasteiger partial charge in [-0.15, -0.1) is 0 Å². The lowest BCUT2D eigenvalue weighted by Gasteiger charge is -1.98. The summed E-state index contributed by atoms with van der Waals surface area (Å²) in [6.07, 6.45) is 0. The Morgan fingerprint density at radius 2 is 2.18 bits per heavy atom. The standard InChI is InChI=1S/C8H6FNO/c1-5-2-7(9)6(4-10)8(11)3-5/h2-3,11H,1H3. The van der Waals surface area contributed by atoms with E-state index in [0.717, 1.165) is 0 Å². The molecule has 0 amide bonds. The minimum absolute atomic E-state index is 0.296. The lowest BCUT2D eigenvalue weighted by molar-refractivity contribution is 0.466. The number of aromatic hydroxyl groups is 1. The quantitative estimate of drug-likeness (QED) is 0.613. The van der Waals surface area contributed by atoms with Gasteiger partial charge in [0.15, 0.2) is 0 Å². The first-order valence-electron chi connectivity index (χ1n) is 3.04. The van der Waals surface area contributed by atoms with Crippen molar-refractivity contribution in [2.45, 2.75) is 6.92 Å². The smallest absolute Gasteiger partial charge is 0.145 e. The Labute approximate surface area is 63.5 Å². The number of phenols is 1. The number of phenolic OH excluding ortho intramolecular Hbond substituents is 1. The van der Waals surface area contributed by atoms with Crippen LogP contribution >= 0.6 is 0 Å². The average molecular weight is 151 g/mol. The molecule has 1 aromatic carbocycles. The molecule has 0 heterocycles. The van der Waals surface area contributed by atoms with E-state index in [4.69, 9.17) is 10.4 Å². The van der Waals surface area contributed by atoms with Gasteiger partial charge in [-0.3, -0.25) is 0 Å². The average Bonchev–Trinajstić information content (AvgIpc) is 1.85. The molecule has 0 saturated heterocycles. The van der Waals surface area contributed by atoms with Gasteiger partial charge >= 0.3 is 0 Å². The van der Waals surface area contributed by atoms with E-state index >= 15 is 0 Å². The molecule has 0 aliphatic heterocycles. The Hall–Kier alpha value is -1.56. The minimum Gasteiger partial charge on any atom is -0.506 e. The lowest BCUT2D eigenvalue weighted by Crippen LogP contribution is -1.85. The minimum atomic E-state index is -0.676. The number of rotatable bonds is 0. The third-order valence-corrected chi connectivity index (χ3v) is 1.33. The van der Waals surface area contributed by atoms with Gasteiger partial charge in [-0.1, -0.05) is 0 Å². The fourth-order valence-electron chi connectivity index (χ4n) is 0.835. The molecule has 1 N–H and O–H groups in total. The SMILES string of the molecule is Cc1cc(O)c(C#N)c(F)c1. The summed E-state index contributed by atoms with van der Waals surface area (Å²) in [6.45, 7) is 1.64. The first-order chi connectivity index (χ1) is 5.15. The van der Waals surface area contributed by atoms with Crippen LogP contribution in [0.2, 0.25) is 0 Å². The first-order valence-corrected chi connectivity index (χ1v) is 3.04. The molecule has 1 aromatic rings. The molecule has 0 saturated carbocycles. The fraction of sp³-hybridized carbons (Fsp3) is 0.125. The zero-order valence-electron chi connectivity index (χ0n) is 5.93. The predicted octanol–water partition coefficient (Wildman–Crippen LogP) is 1.71. The highest BCUT2D eigenvalue weighted by atomic mass is 19.1. The molecular weight excluding hydrogens is 145 g/mol. The van der Waals surface area contributed by atoms with Gasteiger partial charge in [0.25, 0.3) is 0 Å². The molecule has 0 aliphatic rings. The molecule has 0 aromatic heterocycles. The summed E-state index contributed by atoms with van der Waals surface area (Å²) in [6, 6.07) is 4.12. The number of aryl methyl sites for hydroxylation is 1. The van der Waals surface area contributed by atoms with Crippen molar-refractivity contribution in [3.05, 3.63) is 29.1 Å². The molecule has 11 heavy (non-hydrogen) atoms. The molecule has 0 fully saturated rings. The van der Waals surface area contributed by atoms with Crippen molar-refractivity contribution in [1.82, 2.24) is 0 Å². The molecule has 2 nitrogen and oxygen atoms in total. The highest BCUT2D eigenvalue weighted by Crippen LogP contribution is 2.20. The fourth-order valence-corrected chi connectivity index (χ4v) is 0.835. The number of hydrogen-bond donors (Lipinski definition) is 1. The summed E-state index contributed by atoms with van der Waals surface area (Å²) in [5.41, 5.74) is 0.301. The zero-order valence-corrected chi connectivity index (χ0v) is 5.93. The van der Waals surface area contributed by atoms with Crippen LogP contribution in [0.5, 0.6) is 5.75 Å². The molecule has 0 unspecified atom stereocenters. The van der Waals surface area contributed by atoms with Crippen molar-refractivity contribution in [2.24, 2.45) is 0 Å². The Balaban J connectivity index is 3.40. The molecule has 0 bridgehead atoms. The van der Waals surface area contributed by atoms with E-state index in [2.05, 4.69) is 0 Å². The highest BCUT2D eigenvalue weighted by Gasteiger charge is 2.06. The van der Waals surface area contributed by atoms with Crippen molar-refractivity contribution < 1.29 is 9.50 Å². The number of nitriles is 1. The van der Waals surface area contributed by atoms with Crippen LogP contribution < -0.4 is 0 Å². The number of halogens is 1. The van der Waals surface area contributed by atoms with Crippen LogP contribution in [0.1, 0.15) is 11.1 Å². The van der Waals surface area contributed by atoms with Gasteiger partial charge in [-0.05, 0) is 24.6 Å². The highest BCUT2D eigenvalue weighted by molar-refractivity contribution is 5.45. The zero-order chi connectivity index (χ0) is 8.43. The van der Waals surface area contributed by atoms with Crippen molar-refractivity contribution in [1.29, 1.82) is 5.26 Å². The maximum absolute atomic E-state index is 12.7. The van der Waals surface area contributed by atoms with Crippen molar-refractivity contribution in [3.63, 3.8) is 0 Å². The Morgan fingerprint density at radius 1 is 1.55 bits per heavy atom. The van der Waals surface area contributed by atoms with E-state index in [1.807, 2.05) is 0 Å². The van der Waals surface area contributed by atoms with Crippen molar-refractivity contribution >= 4 is 0 Å². The maximum Gasteiger partial charge on any atom is 0.145 e. The van der Waals surface area contributed by atoms with Crippen molar-refractivity contribution in [2.75, 3.05) is 0 Å². The van der Waals surface area contributed by atoms with Gasteiger partial charge in [0.05, 0.1) is 0 Å². The summed E-state index contributed by atoms with van der Waals surface area (Å²) in [4.78, 5) is 0. The van der Waals surface area contributed by atoms with Crippen LogP contribution in [0.25, 0.3) is 0 Å². The van der Waals surface area contributed by atoms with E-state index < -0.39 is 5.82 Å². The third kappa shape index (κ3) is 1.30. The largest absolute Gasteiger partial charge is 0.506 e. The van der Waals surface area contributed by atoms with Crippen LogP contribution in [-0.2, 0) is 0 Å². The monoisotopic (exact) mass is 151 g/mol. The maximum atomic E-state index is 12.7. The van der Waals surface area contributed by atoms with Gasteiger partial charge in [0, 0.05) is 0 Å². The molecule has 0 atom stereocenters. The number of benzene rings is 1. The van der Waals surface area contributed by atoms with Crippen LogP contribution in [0, 0.1) is 24.1 Å². The second-order valence-corrected chi connectivity index (χ2v) is 2.25. The number of hydrogen-bond acceptors (Lipinski definition) is 2. The second kappa shape index (κ2) is 2.59. The Morgan fingerprint density at radius 3 is 2.64 bits per heavy atom. The summed E-state index contributed by atoms with van der Waals surface area (Å²) >= 11 is 0. The third-order valence-electron chi connectivity index (χ3n) is 1.33. The summed E-state index contributed by atoms with van der Waals surface area (Å²) in [5, 5.41) is 17.3. The van der Waals surface area contributed by atoms with Crippen LogP contribution in [-0.4, -0.2) is 5.11 Å². The van der Waals surface area contributed by atoms with Crippen molar-refractivity contribution in [3.8, 4) is 11.8 Å². The topological polar surface area (TPSA) is 44.0 Å². The van der Waals surface area contributed by atoms with E-state index in [-0.39, 0.29) is 11.3 Å². The summed E-state index contributed by atoms with van der Waals surface area (Å²) < 4.78 is 12.7. The first kappa shape index (κ1) is 7.55. The van der Waals surface area contributed by atoms with E-state index in [0.29, 0.717) is 5.56 Å². The molecular formula is C8H6FNO. The molecule has 0 aliphatic carbocycles. The van der Waals surface area contributed by atoms with E-state index in [1.165, 1.54) is 12.1 Å². The van der Waals surface area contributed by atoms with Gasteiger partial charge in [0.2, 0.25) is 0 Å². The van der Waals surface area contributed by atoms with Gasteiger partial charge in [-0.2, -0.15) is 5.26 Å².